The van der Waals surface area contributed by atoms with E-state index in [1.807, 2.05) is 12.3 Å². The average Bonchev–Trinajstić information content (AvgIpc) is 2.92. The fourth-order valence-corrected chi connectivity index (χ4v) is 3.50. The molecule has 21 heavy (non-hydrogen) atoms. The molecule has 1 fully saturated rings. The lowest BCUT2D eigenvalue weighted by Crippen LogP contribution is -1.86. The van der Waals surface area contributed by atoms with Gasteiger partial charge in [0.2, 0.25) is 11.7 Å². The number of hydrogen-bond acceptors (Lipinski definition) is 5. The average molecular weight is 362 g/mol. The van der Waals surface area contributed by atoms with Crippen molar-refractivity contribution in [3.05, 3.63) is 51.3 Å². The second-order valence-electron chi connectivity index (χ2n) is 5.27. The lowest BCUT2D eigenvalue weighted by Gasteiger charge is -1.98. The summed E-state index contributed by atoms with van der Waals surface area (Å²) in [5.74, 6) is 2.23. The van der Waals surface area contributed by atoms with Crippen molar-refractivity contribution < 1.29 is 4.52 Å². The third-order valence-electron chi connectivity index (χ3n) is 3.84. The number of halogens is 1. The van der Waals surface area contributed by atoms with E-state index in [1.54, 1.807) is 0 Å². The van der Waals surface area contributed by atoms with Crippen LogP contribution in [0.2, 0.25) is 0 Å². The summed E-state index contributed by atoms with van der Waals surface area (Å²) >= 11 is 4.88. The molecule has 0 saturated heterocycles. The van der Waals surface area contributed by atoms with Gasteiger partial charge in [0.1, 0.15) is 0 Å². The highest BCUT2D eigenvalue weighted by Gasteiger charge is 2.43. The lowest BCUT2D eigenvalue weighted by atomic mass is 10.1. The van der Waals surface area contributed by atoms with Gasteiger partial charge in [0.25, 0.3) is 0 Å². The molecule has 0 bridgehead atoms. The summed E-state index contributed by atoms with van der Waals surface area (Å²) < 4.78 is 10.8. The predicted molar refractivity (Wildman–Crippen MR) is 84.4 cm³/mol. The molecule has 1 aliphatic carbocycles. The van der Waals surface area contributed by atoms with E-state index >= 15 is 0 Å². The van der Waals surface area contributed by atoms with Crippen molar-refractivity contribution in [3.8, 4) is 11.4 Å². The van der Waals surface area contributed by atoms with Gasteiger partial charge in [-0.2, -0.15) is 9.36 Å². The standard InChI is InChI=1S/C15H12BrN3OS/c1-8-13(7-21-19-8)14-17-15(20-18-14)12-6-11(12)9-2-4-10(16)5-3-9/h2-5,7,11-12H,6H2,1H3/t11-,12+/m0/s1. The molecule has 3 aromatic rings. The van der Waals surface area contributed by atoms with Crippen molar-refractivity contribution in [2.75, 3.05) is 0 Å². The number of nitrogens with zero attached hydrogens (tertiary/aromatic N) is 3. The third-order valence-corrected chi connectivity index (χ3v) is 5.09. The van der Waals surface area contributed by atoms with E-state index in [0.717, 1.165) is 28.0 Å². The van der Waals surface area contributed by atoms with Crippen LogP contribution in [0.15, 0.2) is 38.6 Å². The van der Waals surface area contributed by atoms with Crippen LogP contribution in [-0.4, -0.2) is 14.5 Å². The zero-order valence-corrected chi connectivity index (χ0v) is 13.7. The molecule has 0 amide bonds. The molecule has 4 nitrogen and oxygen atoms in total. The van der Waals surface area contributed by atoms with E-state index in [2.05, 4.69) is 54.7 Å². The van der Waals surface area contributed by atoms with Crippen molar-refractivity contribution >= 4 is 27.5 Å². The zero-order chi connectivity index (χ0) is 14.4. The normalized spacial score (nSPS) is 20.7. The Bertz CT molecular complexity index is 780. The Morgan fingerprint density at radius 2 is 2.05 bits per heavy atom. The molecule has 1 aliphatic rings. The largest absolute Gasteiger partial charge is 0.339 e. The van der Waals surface area contributed by atoms with Crippen molar-refractivity contribution in [1.82, 2.24) is 14.5 Å². The maximum absolute atomic E-state index is 5.45. The minimum atomic E-state index is 0.347. The summed E-state index contributed by atoms with van der Waals surface area (Å²) in [6.45, 7) is 1.96. The molecule has 0 radical (unpaired) electrons. The van der Waals surface area contributed by atoms with Gasteiger partial charge in [-0.1, -0.05) is 33.2 Å². The molecule has 2 heterocycles. The summed E-state index contributed by atoms with van der Waals surface area (Å²) in [6, 6.07) is 8.45. The van der Waals surface area contributed by atoms with Gasteiger partial charge in [-0.3, -0.25) is 0 Å². The highest BCUT2D eigenvalue weighted by Crippen LogP contribution is 2.54. The van der Waals surface area contributed by atoms with Gasteiger partial charge in [0.05, 0.1) is 11.3 Å². The van der Waals surface area contributed by atoms with Gasteiger partial charge in [-0.15, -0.1) is 0 Å². The zero-order valence-electron chi connectivity index (χ0n) is 11.3. The highest BCUT2D eigenvalue weighted by atomic mass is 79.9. The molecule has 6 heteroatoms. The van der Waals surface area contributed by atoms with E-state index < -0.39 is 0 Å². The minimum absolute atomic E-state index is 0.347. The monoisotopic (exact) mass is 361 g/mol. The van der Waals surface area contributed by atoms with Crippen LogP contribution in [0.3, 0.4) is 0 Å². The van der Waals surface area contributed by atoms with Crippen LogP contribution in [0.25, 0.3) is 11.4 Å². The van der Waals surface area contributed by atoms with Gasteiger partial charge in [-0.05, 0) is 48.5 Å². The molecule has 2 atom stereocenters. The van der Waals surface area contributed by atoms with Gasteiger partial charge < -0.3 is 4.52 Å². The molecule has 0 N–H and O–H groups in total. The molecule has 0 aliphatic heterocycles. The third kappa shape index (κ3) is 2.42. The maximum atomic E-state index is 5.45. The van der Waals surface area contributed by atoms with Gasteiger partial charge >= 0.3 is 0 Å². The molecule has 1 saturated carbocycles. The van der Waals surface area contributed by atoms with Crippen LogP contribution >= 0.6 is 27.5 Å². The van der Waals surface area contributed by atoms with E-state index in [9.17, 15) is 0 Å². The van der Waals surface area contributed by atoms with E-state index in [1.165, 1.54) is 17.1 Å². The molecule has 0 spiro atoms. The minimum Gasteiger partial charge on any atom is -0.339 e. The number of aryl methyl sites for hydroxylation is 1. The van der Waals surface area contributed by atoms with Crippen molar-refractivity contribution in [3.63, 3.8) is 0 Å². The first-order chi connectivity index (χ1) is 10.2. The summed E-state index contributed by atoms with van der Waals surface area (Å²) in [5, 5.41) is 6.06. The smallest absolute Gasteiger partial charge is 0.230 e. The first kappa shape index (κ1) is 13.2. The van der Waals surface area contributed by atoms with Crippen LogP contribution in [0.5, 0.6) is 0 Å². The SMILES string of the molecule is Cc1nscc1-c1noc([C@@H]2C[C@H]2c2ccc(Br)cc2)n1. The Labute approximate surface area is 134 Å². The van der Waals surface area contributed by atoms with Crippen LogP contribution in [0.1, 0.15) is 35.4 Å². The highest BCUT2D eigenvalue weighted by molar-refractivity contribution is 9.10. The van der Waals surface area contributed by atoms with Crippen molar-refractivity contribution in [2.24, 2.45) is 0 Å². The Morgan fingerprint density at radius 1 is 1.24 bits per heavy atom. The quantitative estimate of drug-likeness (QED) is 0.687. The summed E-state index contributed by atoms with van der Waals surface area (Å²) in [4.78, 5) is 4.55. The number of aromatic nitrogens is 3. The summed E-state index contributed by atoms with van der Waals surface area (Å²) in [5.41, 5.74) is 3.25. The first-order valence-corrected chi connectivity index (χ1v) is 8.36. The lowest BCUT2D eigenvalue weighted by molar-refractivity contribution is 0.378. The van der Waals surface area contributed by atoms with Crippen LogP contribution in [0.4, 0.5) is 0 Å². The molecule has 106 valence electrons. The van der Waals surface area contributed by atoms with Crippen molar-refractivity contribution in [1.29, 1.82) is 0 Å². The van der Waals surface area contributed by atoms with Gasteiger partial charge in [-0.25, -0.2) is 0 Å². The van der Waals surface area contributed by atoms with Crippen LogP contribution in [-0.2, 0) is 0 Å². The number of benzene rings is 1. The Balaban J connectivity index is 1.55. The van der Waals surface area contributed by atoms with Gasteiger partial charge in [0.15, 0.2) is 0 Å². The van der Waals surface area contributed by atoms with Crippen LogP contribution < -0.4 is 0 Å². The second-order valence-corrected chi connectivity index (χ2v) is 6.81. The molecule has 0 unspecified atom stereocenters. The first-order valence-electron chi connectivity index (χ1n) is 6.73. The predicted octanol–water partition coefficient (Wildman–Crippen LogP) is 4.54. The summed E-state index contributed by atoms with van der Waals surface area (Å²) in [6.07, 6.45) is 1.07. The molecule has 2 aromatic heterocycles. The Hall–Kier alpha value is -1.53. The molecule has 4 rings (SSSR count). The second kappa shape index (κ2) is 5.03. The number of rotatable bonds is 3. The van der Waals surface area contributed by atoms with Gasteiger partial charge in [0, 0.05) is 15.8 Å². The maximum Gasteiger partial charge on any atom is 0.230 e. The fraction of sp³-hybridized carbons (Fsp3) is 0.267. The molecular weight excluding hydrogens is 350 g/mol. The van der Waals surface area contributed by atoms with E-state index in [4.69, 9.17) is 4.52 Å². The van der Waals surface area contributed by atoms with Crippen LogP contribution in [0, 0.1) is 6.92 Å². The molecule has 1 aromatic carbocycles. The number of hydrogen-bond donors (Lipinski definition) is 0. The topological polar surface area (TPSA) is 51.8 Å². The van der Waals surface area contributed by atoms with E-state index in [-0.39, 0.29) is 0 Å². The Kier molecular flexibility index (Phi) is 3.15. The molecular formula is C15H12BrN3OS. The van der Waals surface area contributed by atoms with Crippen molar-refractivity contribution in [2.45, 2.75) is 25.2 Å². The summed E-state index contributed by atoms with van der Waals surface area (Å²) in [7, 11) is 0. The fourth-order valence-electron chi connectivity index (χ4n) is 2.55. The van der Waals surface area contributed by atoms with E-state index in [0.29, 0.717) is 17.7 Å². The Morgan fingerprint density at radius 3 is 2.76 bits per heavy atom.